The molecule has 1 fully saturated rings. The van der Waals surface area contributed by atoms with Gasteiger partial charge in [-0.15, -0.1) is 0 Å². The number of benzene rings is 2. The number of carboxylic acid groups (broad SMARTS) is 1. The summed E-state index contributed by atoms with van der Waals surface area (Å²) in [6, 6.07) is 14.9. The molecule has 2 N–H and O–H groups in total. The number of hydrogen-bond donors (Lipinski definition) is 2. The van der Waals surface area contributed by atoms with E-state index in [-0.39, 0.29) is 11.9 Å². The Kier molecular flexibility index (Phi) is 7.10. The summed E-state index contributed by atoms with van der Waals surface area (Å²) < 4.78 is 5.33. The number of nitrogens with zero attached hydrogens (tertiary/aromatic N) is 1. The van der Waals surface area contributed by atoms with Gasteiger partial charge < -0.3 is 19.8 Å². The predicted octanol–water partition coefficient (Wildman–Crippen LogP) is 2.56. The number of aliphatic hydroxyl groups is 1. The van der Waals surface area contributed by atoms with Crippen molar-refractivity contribution in [3.8, 4) is 17.6 Å². The fourth-order valence-corrected chi connectivity index (χ4v) is 3.40. The molecule has 1 aliphatic rings. The molecule has 1 heterocycles. The molecular formula is C24H25NO5. The van der Waals surface area contributed by atoms with E-state index in [1.54, 1.807) is 11.0 Å². The van der Waals surface area contributed by atoms with Crippen molar-refractivity contribution in [2.45, 2.75) is 44.9 Å². The first-order chi connectivity index (χ1) is 14.4. The maximum absolute atomic E-state index is 12.4. The Hall–Kier alpha value is -3.30. The SMILES string of the molecule is Cc1ccc(CN2C(=O)CC[C@@H]2C#CC(O)Cc2ccccc2)cc1OCC(=O)O. The fraction of sp³-hybridized carbons (Fsp3) is 0.333. The molecule has 156 valence electrons. The molecule has 0 radical (unpaired) electrons. The summed E-state index contributed by atoms with van der Waals surface area (Å²) >= 11 is 0. The van der Waals surface area contributed by atoms with E-state index in [1.807, 2.05) is 49.4 Å². The number of rotatable bonds is 7. The lowest BCUT2D eigenvalue weighted by Gasteiger charge is -2.22. The highest BCUT2D eigenvalue weighted by molar-refractivity contribution is 5.79. The Labute approximate surface area is 176 Å². The number of carbonyl (C=O) groups is 2. The van der Waals surface area contributed by atoms with Crippen molar-refractivity contribution in [1.82, 2.24) is 4.90 Å². The van der Waals surface area contributed by atoms with Crippen molar-refractivity contribution in [1.29, 1.82) is 0 Å². The number of ether oxygens (including phenoxy) is 1. The van der Waals surface area contributed by atoms with Gasteiger partial charge in [-0.3, -0.25) is 4.79 Å². The first kappa shape index (κ1) is 21.4. The van der Waals surface area contributed by atoms with Crippen molar-refractivity contribution in [2.75, 3.05) is 6.61 Å². The first-order valence-electron chi connectivity index (χ1n) is 9.89. The normalized spacial score (nSPS) is 16.7. The van der Waals surface area contributed by atoms with Crippen LogP contribution >= 0.6 is 0 Å². The summed E-state index contributed by atoms with van der Waals surface area (Å²) in [6.07, 6.45) is 0.692. The Morgan fingerprint density at radius 1 is 1.23 bits per heavy atom. The van der Waals surface area contributed by atoms with Gasteiger partial charge in [-0.2, -0.15) is 0 Å². The summed E-state index contributed by atoms with van der Waals surface area (Å²) in [4.78, 5) is 24.8. The lowest BCUT2D eigenvalue weighted by atomic mass is 10.1. The third kappa shape index (κ3) is 5.85. The number of likely N-dealkylation sites (tertiary alicyclic amines) is 1. The zero-order valence-electron chi connectivity index (χ0n) is 16.9. The molecule has 1 unspecified atom stereocenters. The average molecular weight is 407 g/mol. The minimum Gasteiger partial charge on any atom is -0.482 e. The Bertz CT molecular complexity index is 961. The molecule has 0 aromatic heterocycles. The van der Waals surface area contributed by atoms with Gasteiger partial charge in [0.15, 0.2) is 6.61 Å². The van der Waals surface area contributed by atoms with Crippen LogP contribution in [0, 0.1) is 18.8 Å². The molecule has 6 nitrogen and oxygen atoms in total. The van der Waals surface area contributed by atoms with E-state index in [0.29, 0.717) is 31.6 Å². The second-order valence-corrected chi connectivity index (χ2v) is 7.35. The third-order valence-electron chi connectivity index (χ3n) is 4.97. The lowest BCUT2D eigenvalue weighted by molar-refractivity contribution is -0.139. The van der Waals surface area contributed by atoms with Crippen molar-refractivity contribution in [3.63, 3.8) is 0 Å². The van der Waals surface area contributed by atoms with E-state index in [0.717, 1.165) is 16.7 Å². The second kappa shape index (κ2) is 9.95. The van der Waals surface area contributed by atoms with Crippen LogP contribution in [0.15, 0.2) is 48.5 Å². The molecule has 0 saturated carbocycles. The van der Waals surface area contributed by atoms with Crippen LogP contribution in [-0.2, 0) is 22.6 Å². The van der Waals surface area contributed by atoms with Crippen molar-refractivity contribution in [3.05, 3.63) is 65.2 Å². The number of aryl methyl sites for hydroxylation is 1. The summed E-state index contributed by atoms with van der Waals surface area (Å²) in [7, 11) is 0. The summed E-state index contributed by atoms with van der Waals surface area (Å²) in [6.45, 7) is 1.78. The number of amides is 1. The maximum Gasteiger partial charge on any atom is 0.341 e. The summed E-state index contributed by atoms with van der Waals surface area (Å²) in [5.74, 6) is 5.41. The topological polar surface area (TPSA) is 87.1 Å². The zero-order valence-corrected chi connectivity index (χ0v) is 16.9. The van der Waals surface area contributed by atoms with Gasteiger partial charge in [0.05, 0.1) is 6.04 Å². The highest BCUT2D eigenvalue weighted by Gasteiger charge is 2.29. The monoisotopic (exact) mass is 407 g/mol. The fourth-order valence-electron chi connectivity index (χ4n) is 3.40. The largest absolute Gasteiger partial charge is 0.482 e. The molecule has 1 amide bonds. The molecule has 0 aliphatic carbocycles. The van der Waals surface area contributed by atoms with Crippen LogP contribution in [-0.4, -0.2) is 45.7 Å². The highest BCUT2D eigenvalue weighted by Crippen LogP contribution is 2.25. The highest BCUT2D eigenvalue weighted by atomic mass is 16.5. The van der Waals surface area contributed by atoms with Gasteiger partial charge in [0, 0.05) is 19.4 Å². The molecule has 30 heavy (non-hydrogen) atoms. The van der Waals surface area contributed by atoms with Crippen molar-refractivity contribution >= 4 is 11.9 Å². The molecule has 3 rings (SSSR count). The van der Waals surface area contributed by atoms with Gasteiger partial charge in [-0.05, 0) is 36.1 Å². The summed E-state index contributed by atoms with van der Waals surface area (Å²) in [5, 5.41) is 19.1. The first-order valence-corrected chi connectivity index (χ1v) is 9.89. The number of aliphatic hydroxyl groups excluding tert-OH is 1. The van der Waals surface area contributed by atoms with E-state index >= 15 is 0 Å². The van der Waals surface area contributed by atoms with Crippen LogP contribution in [0.5, 0.6) is 5.75 Å². The Morgan fingerprint density at radius 3 is 2.73 bits per heavy atom. The van der Waals surface area contributed by atoms with Crippen LogP contribution in [0.4, 0.5) is 0 Å². The average Bonchev–Trinajstić information content (AvgIpc) is 3.07. The van der Waals surface area contributed by atoms with E-state index in [1.165, 1.54) is 0 Å². The third-order valence-corrected chi connectivity index (χ3v) is 4.97. The molecule has 2 atom stereocenters. The molecule has 0 bridgehead atoms. The lowest BCUT2D eigenvalue weighted by Crippen LogP contribution is -2.31. The zero-order chi connectivity index (χ0) is 21.5. The number of hydrogen-bond acceptors (Lipinski definition) is 4. The minimum absolute atomic E-state index is 0.0143. The minimum atomic E-state index is -1.04. The van der Waals surface area contributed by atoms with Gasteiger partial charge in [-0.25, -0.2) is 4.79 Å². The van der Waals surface area contributed by atoms with Crippen LogP contribution < -0.4 is 4.74 Å². The smallest absolute Gasteiger partial charge is 0.341 e. The van der Waals surface area contributed by atoms with Crippen LogP contribution in [0.1, 0.15) is 29.5 Å². The van der Waals surface area contributed by atoms with E-state index in [9.17, 15) is 14.7 Å². The Morgan fingerprint density at radius 2 is 2.00 bits per heavy atom. The molecule has 2 aromatic carbocycles. The number of carboxylic acids is 1. The molecule has 0 spiro atoms. The molecule has 1 aliphatic heterocycles. The van der Waals surface area contributed by atoms with Crippen LogP contribution in [0.25, 0.3) is 0 Å². The van der Waals surface area contributed by atoms with E-state index in [4.69, 9.17) is 9.84 Å². The van der Waals surface area contributed by atoms with E-state index < -0.39 is 18.7 Å². The molecular weight excluding hydrogens is 382 g/mol. The van der Waals surface area contributed by atoms with Crippen LogP contribution in [0.3, 0.4) is 0 Å². The van der Waals surface area contributed by atoms with Gasteiger partial charge >= 0.3 is 5.97 Å². The van der Waals surface area contributed by atoms with Crippen LogP contribution in [0.2, 0.25) is 0 Å². The van der Waals surface area contributed by atoms with Gasteiger partial charge in [0.1, 0.15) is 11.9 Å². The summed E-state index contributed by atoms with van der Waals surface area (Å²) in [5.41, 5.74) is 2.67. The second-order valence-electron chi connectivity index (χ2n) is 7.35. The molecule has 6 heteroatoms. The number of carbonyl (C=O) groups excluding carboxylic acids is 1. The van der Waals surface area contributed by atoms with Crippen molar-refractivity contribution < 1.29 is 24.5 Å². The van der Waals surface area contributed by atoms with Gasteiger partial charge in [0.2, 0.25) is 5.91 Å². The molecule has 2 aromatic rings. The maximum atomic E-state index is 12.4. The quantitative estimate of drug-likeness (QED) is 0.689. The van der Waals surface area contributed by atoms with E-state index in [2.05, 4.69) is 11.8 Å². The van der Waals surface area contributed by atoms with Gasteiger partial charge in [-0.1, -0.05) is 54.3 Å². The number of aliphatic carboxylic acids is 1. The predicted molar refractivity (Wildman–Crippen MR) is 112 cm³/mol. The molecule has 1 saturated heterocycles. The van der Waals surface area contributed by atoms with Crippen molar-refractivity contribution in [2.24, 2.45) is 0 Å². The standard InChI is InChI=1S/C24H25NO5/c1-17-7-8-19(14-22(17)30-16-24(28)29)15-25-20(10-12-23(25)27)9-11-21(26)13-18-5-3-2-4-6-18/h2-8,14,20-21,26H,10,12-13,15-16H2,1H3,(H,28,29)/t20-,21?/m0/s1. The van der Waals surface area contributed by atoms with Gasteiger partial charge in [0.25, 0.3) is 0 Å². The Balaban J connectivity index is 1.67.